The molecule has 0 aliphatic heterocycles. The molecule has 1 amide bonds. The van der Waals surface area contributed by atoms with Crippen LogP contribution in [0.15, 0.2) is 54.1 Å². The number of para-hydroxylation sites is 1. The Balaban J connectivity index is 1.84. The Kier molecular flexibility index (Phi) is 8.47. The molecule has 0 unspecified atom stereocenters. The van der Waals surface area contributed by atoms with Gasteiger partial charge in [-0.15, -0.1) is 11.3 Å². The smallest absolute Gasteiger partial charge is 0.341 e. The van der Waals surface area contributed by atoms with Crippen LogP contribution in [0.2, 0.25) is 5.02 Å². The topological polar surface area (TPSA) is 88.4 Å². The standard InChI is InChI=1S/C26H23ClN2O4S/c1-4-32-26(31)23-16(2)17(3)34-25(23)29-24(30)20(14-28)13-19-9-5-6-11-22(19)33-15-18-8-7-10-21(27)12-18/h5-13H,4,15H2,1-3H3,(H,29,30)/b20-13+. The Labute approximate surface area is 207 Å². The quantitative estimate of drug-likeness (QED) is 0.225. The van der Waals surface area contributed by atoms with Crippen molar-refractivity contribution in [2.75, 3.05) is 11.9 Å². The predicted octanol–water partition coefficient (Wildman–Crippen LogP) is 6.32. The zero-order valence-electron chi connectivity index (χ0n) is 19.0. The van der Waals surface area contributed by atoms with Crippen LogP contribution in [0.25, 0.3) is 6.08 Å². The van der Waals surface area contributed by atoms with E-state index in [1.807, 2.05) is 25.1 Å². The normalized spacial score (nSPS) is 11.0. The number of hydrogen-bond acceptors (Lipinski definition) is 6. The maximum absolute atomic E-state index is 12.9. The number of carbonyl (C=O) groups is 2. The van der Waals surface area contributed by atoms with Crippen LogP contribution in [0.5, 0.6) is 5.75 Å². The van der Waals surface area contributed by atoms with E-state index < -0.39 is 11.9 Å². The monoisotopic (exact) mass is 494 g/mol. The highest BCUT2D eigenvalue weighted by Crippen LogP contribution is 2.33. The van der Waals surface area contributed by atoms with E-state index in [4.69, 9.17) is 21.1 Å². The van der Waals surface area contributed by atoms with Gasteiger partial charge in [0.2, 0.25) is 0 Å². The molecule has 1 aromatic heterocycles. The summed E-state index contributed by atoms with van der Waals surface area (Å²) < 4.78 is 11.0. The maximum Gasteiger partial charge on any atom is 0.341 e. The number of nitrogens with zero attached hydrogens (tertiary/aromatic N) is 1. The number of nitrogens with one attached hydrogen (secondary N) is 1. The lowest BCUT2D eigenvalue weighted by Gasteiger charge is -2.10. The van der Waals surface area contributed by atoms with E-state index in [2.05, 4.69) is 5.32 Å². The third-order valence-electron chi connectivity index (χ3n) is 4.96. The van der Waals surface area contributed by atoms with E-state index in [-0.39, 0.29) is 18.8 Å². The van der Waals surface area contributed by atoms with Crippen molar-refractivity contribution in [1.29, 1.82) is 5.26 Å². The molecule has 3 aromatic rings. The number of nitriles is 1. The van der Waals surface area contributed by atoms with Crippen molar-refractivity contribution in [3.63, 3.8) is 0 Å². The van der Waals surface area contributed by atoms with Crippen LogP contribution in [-0.4, -0.2) is 18.5 Å². The first kappa shape index (κ1) is 25.0. The third kappa shape index (κ3) is 6.04. The molecule has 0 spiro atoms. The SMILES string of the molecule is CCOC(=O)c1c(NC(=O)/C(C#N)=C/c2ccccc2OCc2cccc(Cl)c2)sc(C)c1C. The van der Waals surface area contributed by atoms with Gasteiger partial charge in [0.1, 0.15) is 29.0 Å². The minimum Gasteiger partial charge on any atom is -0.488 e. The fraction of sp³-hybridized carbons (Fsp3) is 0.192. The molecule has 6 nitrogen and oxygen atoms in total. The van der Waals surface area contributed by atoms with E-state index >= 15 is 0 Å². The number of amides is 1. The summed E-state index contributed by atoms with van der Waals surface area (Å²) in [4.78, 5) is 26.2. The maximum atomic E-state index is 12.9. The Morgan fingerprint density at radius 3 is 2.65 bits per heavy atom. The van der Waals surface area contributed by atoms with Crippen molar-refractivity contribution in [2.24, 2.45) is 0 Å². The fourth-order valence-corrected chi connectivity index (χ4v) is 4.41. The van der Waals surface area contributed by atoms with Crippen molar-refractivity contribution in [3.05, 3.63) is 86.3 Å². The van der Waals surface area contributed by atoms with E-state index in [1.54, 1.807) is 50.2 Å². The Bertz CT molecular complexity index is 1290. The number of thiophene rings is 1. The van der Waals surface area contributed by atoms with Crippen molar-refractivity contribution >= 4 is 45.9 Å². The van der Waals surface area contributed by atoms with Crippen LogP contribution in [0, 0.1) is 25.2 Å². The molecule has 0 atom stereocenters. The van der Waals surface area contributed by atoms with E-state index in [0.29, 0.717) is 26.9 Å². The largest absolute Gasteiger partial charge is 0.488 e. The first-order chi connectivity index (χ1) is 16.3. The second-order valence-corrected chi connectivity index (χ2v) is 8.95. The van der Waals surface area contributed by atoms with Gasteiger partial charge < -0.3 is 14.8 Å². The first-order valence-electron chi connectivity index (χ1n) is 10.5. The summed E-state index contributed by atoms with van der Waals surface area (Å²) in [5, 5.41) is 13.3. The lowest BCUT2D eigenvalue weighted by molar-refractivity contribution is -0.112. The molecule has 3 rings (SSSR count). The molecule has 0 fully saturated rings. The number of rotatable bonds is 8. The Morgan fingerprint density at radius 1 is 1.18 bits per heavy atom. The van der Waals surface area contributed by atoms with Gasteiger partial charge in [-0.3, -0.25) is 4.79 Å². The molecule has 1 N–H and O–H groups in total. The predicted molar refractivity (Wildman–Crippen MR) is 134 cm³/mol. The number of benzene rings is 2. The minimum atomic E-state index is -0.626. The highest BCUT2D eigenvalue weighted by atomic mass is 35.5. The molecule has 8 heteroatoms. The van der Waals surface area contributed by atoms with Crippen LogP contribution in [0.3, 0.4) is 0 Å². The minimum absolute atomic E-state index is 0.127. The number of ether oxygens (including phenoxy) is 2. The Morgan fingerprint density at radius 2 is 1.94 bits per heavy atom. The lowest BCUT2D eigenvalue weighted by Crippen LogP contribution is -2.16. The van der Waals surface area contributed by atoms with Gasteiger partial charge in [0.15, 0.2) is 0 Å². The summed E-state index contributed by atoms with van der Waals surface area (Å²) in [5.74, 6) is -0.626. The van der Waals surface area contributed by atoms with Crippen molar-refractivity contribution in [3.8, 4) is 11.8 Å². The highest BCUT2D eigenvalue weighted by Gasteiger charge is 2.23. The van der Waals surface area contributed by atoms with Gasteiger partial charge in [-0.05, 0) is 56.2 Å². The van der Waals surface area contributed by atoms with E-state index in [9.17, 15) is 14.9 Å². The zero-order valence-corrected chi connectivity index (χ0v) is 20.5. The van der Waals surface area contributed by atoms with Crippen LogP contribution in [0.1, 0.15) is 38.8 Å². The molecule has 2 aromatic carbocycles. The van der Waals surface area contributed by atoms with Gasteiger partial charge in [-0.1, -0.05) is 41.9 Å². The van der Waals surface area contributed by atoms with Gasteiger partial charge in [0.05, 0.1) is 12.2 Å². The first-order valence-corrected chi connectivity index (χ1v) is 11.7. The second-order valence-electron chi connectivity index (χ2n) is 7.29. The number of halogens is 1. The number of anilines is 1. The van der Waals surface area contributed by atoms with Crippen LogP contribution in [0.4, 0.5) is 5.00 Å². The highest BCUT2D eigenvalue weighted by molar-refractivity contribution is 7.16. The zero-order chi connectivity index (χ0) is 24.7. The average molecular weight is 495 g/mol. The van der Waals surface area contributed by atoms with E-state index in [0.717, 1.165) is 16.0 Å². The van der Waals surface area contributed by atoms with Gasteiger partial charge in [0.25, 0.3) is 5.91 Å². The molecule has 1 heterocycles. The molecule has 0 saturated carbocycles. The van der Waals surface area contributed by atoms with Crippen LogP contribution < -0.4 is 10.1 Å². The third-order valence-corrected chi connectivity index (χ3v) is 6.32. The summed E-state index contributed by atoms with van der Waals surface area (Å²) >= 11 is 7.30. The number of carbonyl (C=O) groups excluding carboxylic acids is 2. The van der Waals surface area contributed by atoms with Crippen LogP contribution in [-0.2, 0) is 16.1 Å². The number of hydrogen-bond donors (Lipinski definition) is 1. The van der Waals surface area contributed by atoms with E-state index in [1.165, 1.54) is 17.4 Å². The van der Waals surface area contributed by atoms with Crippen molar-refractivity contribution in [1.82, 2.24) is 0 Å². The molecule has 0 bridgehead atoms. The molecule has 34 heavy (non-hydrogen) atoms. The Hall–Kier alpha value is -3.60. The van der Waals surface area contributed by atoms with Gasteiger partial charge in [-0.25, -0.2) is 4.79 Å². The summed E-state index contributed by atoms with van der Waals surface area (Å²) in [6.07, 6.45) is 1.46. The van der Waals surface area contributed by atoms with Crippen molar-refractivity contribution < 1.29 is 19.1 Å². The molecule has 0 aliphatic rings. The van der Waals surface area contributed by atoms with Gasteiger partial charge in [-0.2, -0.15) is 5.26 Å². The number of esters is 1. The average Bonchev–Trinajstić information content (AvgIpc) is 3.09. The molecule has 174 valence electrons. The molecule has 0 aliphatic carbocycles. The molecular formula is C26H23ClN2O4S. The van der Waals surface area contributed by atoms with Crippen molar-refractivity contribution in [2.45, 2.75) is 27.4 Å². The fourth-order valence-electron chi connectivity index (χ4n) is 3.16. The summed E-state index contributed by atoms with van der Waals surface area (Å²) in [7, 11) is 0. The second kappa shape index (κ2) is 11.5. The molecular weight excluding hydrogens is 472 g/mol. The summed E-state index contributed by atoms with van der Waals surface area (Å²) in [6.45, 7) is 5.86. The van der Waals surface area contributed by atoms with Crippen LogP contribution >= 0.6 is 22.9 Å². The summed E-state index contributed by atoms with van der Waals surface area (Å²) in [5.41, 5.74) is 2.37. The van der Waals surface area contributed by atoms with Gasteiger partial charge in [0, 0.05) is 15.5 Å². The lowest BCUT2D eigenvalue weighted by atomic mass is 10.1. The molecule has 0 saturated heterocycles. The number of aryl methyl sites for hydroxylation is 1. The summed E-state index contributed by atoms with van der Waals surface area (Å²) in [6, 6.07) is 16.4. The molecule has 0 radical (unpaired) electrons. The van der Waals surface area contributed by atoms with Gasteiger partial charge >= 0.3 is 5.97 Å².